The molecule has 1 aliphatic rings. The van der Waals surface area contributed by atoms with Crippen molar-refractivity contribution < 1.29 is 19.0 Å². The first-order valence-electron chi connectivity index (χ1n) is 11.7. The van der Waals surface area contributed by atoms with Gasteiger partial charge in [-0.1, -0.05) is 24.3 Å². The molecule has 178 valence electrons. The number of carbonyl (C=O) groups is 1. The van der Waals surface area contributed by atoms with Crippen LogP contribution in [0.25, 0.3) is 0 Å². The van der Waals surface area contributed by atoms with Gasteiger partial charge in [0.05, 0.1) is 26.4 Å². The van der Waals surface area contributed by atoms with Gasteiger partial charge in [0.15, 0.2) is 0 Å². The summed E-state index contributed by atoms with van der Waals surface area (Å²) in [4.78, 5) is 20.0. The lowest BCUT2D eigenvalue weighted by Crippen LogP contribution is -2.24. The summed E-state index contributed by atoms with van der Waals surface area (Å²) in [5.41, 5.74) is 4.82. The molecule has 3 aromatic rings. The Hall–Kier alpha value is -3.54. The summed E-state index contributed by atoms with van der Waals surface area (Å²) in [6.45, 7) is 5.45. The molecule has 0 saturated heterocycles. The van der Waals surface area contributed by atoms with Crippen molar-refractivity contribution in [2.75, 3.05) is 25.7 Å². The van der Waals surface area contributed by atoms with Crippen LogP contribution in [-0.4, -0.2) is 31.8 Å². The number of esters is 1. The molecular weight excluding hydrogens is 428 g/mol. The summed E-state index contributed by atoms with van der Waals surface area (Å²) in [5, 5.41) is 0. The molecule has 0 unspecified atom stereocenters. The SMILES string of the molecule is CCOC(=O)c1cc(N(Cc2ccc(OC)cc2)Cc2ccc(OC)cc2)nc(C)c1C1CC1. The van der Waals surface area contributed by atoms with E-state index < -0.39 is 0 Å². The Morgan fingerprint density at radius 3 is 1.91 bits per heavy atom. The molecule has 4 rings (SSSR count). The molecule has 0 radical (unpaired) electrons. The van der Waals surface area contributed by atoms with Crippen LogP contribution in [0.4, 0.5) is 5.82 Å². The van der Waals surface area contributed by atoms with Crippen LogP contribution in [0.1, 0.15) is 58.4 Å². The summed E-state index contributed by atoms with van der Waals surface area (Å²) in [7, 11) is 3.33. The zero-order valence-corrected chi connectivity index (χ0v) is 20.3. The van der Waals surface area contributed by atoms with E-state index in [0.717, 1.165) is 52.5 Å². The standard InChI is InChI=1S/C28H32N2O4/c1-5-34-28(31)25-16-26(29-19(2)27(25)22-10-11-22)30(17-20-6-12-23(32-3)13-7-20)18-21-8-14-24(33-4)15-9-21/h6-9,12-16,22H,5,10-11,17-18H2,1-4H3. The van der Waals surface area contributed by atoms with Crippen molar-refractivity contribution in [3.63, 3.8) is 0 Å². The number of rotatable bonds is 10. The molecule has 6 nitrogen and oxygen atoms in total. The maximum atomic E-state index is 12.9. The summed E-state index contributed by atoms with van der Waals surface area (Å²) in [5.74, 6) is 2.52. The first kappa shape index (κ1) is 23.6. The maximum absolute atomic E-state index is 12.9. The largest absolute Gasteiger partial charge is 0.497 e. The molecule has 1 heterocycles. The van der Waals surface area contributed by atoms with E-state index in [9.17, 15) is 4.79 Å². The van der Waals surface area contributed by atoms with E-state index >= 15 is 0 Å². The van der Waals surface area contributed by atoms with Gasteiger partial charge in [-0.2, -0.15) is 0 Å². The topological polar surface area (TPSA) is 60.9 Å². The van der Waals surface area contributed by atoms with Crippen LogP contribution in [0.15, 0.2) is 54.6 Å². The van der Waals surface area contributed by atoms with Crippen LogP contribution >= 0.6 is 0 Å². The minimum atomic E-state index is -0.273. The van der Waals surface area contributed by atoms with Gasteiger partial charge in [0, 0.05) is 18.8 Å². The van der Waals surface area contributed by atoms with E-state index in [1.54, 1.807) is 14.2 Å². The number of aryl methyl sites for hydroxylation is 1. The second-order valence-corrected chi connectivity index (χ2v) is 8.57. The van der Waals surface area contributed by atoms with Crippen LogP contribution in [0.5, 0.6) is 11.5 Å². The number of hydrogen-bond acceptors (Lipinski definition) is 6. The van der Waals surface area contributed by atoms with Gasteiger partial charge in [-0.05, 0) is 79.6 Å². The molecule has 1 aromatic heterocycles. The summed E-state index contributed by atoms with van der Waals surface area (Å²) >= 11 is 0. The first-order chi connectivity index (χ1) is 16.5. The highest BCUT2D eigenvalue weighted by atomic mass is 16.5. The highest BCUT2D eigenvalue weighted by molar-refractivity contribution is 5.92. The van der Waals surface area contributed by atoms with Gasteiger partial charge < -0.3 is 19.1 Å². The lowest BCUT2D eigenvalue weighted by molar-refractivity contribution is 0.0524. The summed E-state index contributed by atoms with van der Waals surface area (Å²) in [6.07, 6.45) is 2.19. The lowest BCUT2D eigenvalue weighted by atomic mass is 10.0. The third-order valence-corrected chi connectivity index (χ3v) is 6.11. The first-order valence-corrected chi connectivity index (χ1v) is 11.7. The molecule has 0 N–H and O–H groups in total. The monoisotopic (exact) mass is 460 g/mol. The highest BCUT2D eigenvalue weighted by Crippen LogP contribution is 2.44. The van der Waals surface area contributed by atoms with E-state index in [1.165, 1.54) is 0 Å². The Labute approximate surface area is 201 Å². The van der Waals surface area contributed by atoms with Gasteiger partial charge in [0.1, 0.15) is 17.3 Å². The molecule has 0 aliphatic heterocycles. The molecule has 0 bridgehead atoms. The number of methoxy groups -OCH3 is 2. The smallest absolute Gasteiger partial charge is 0.338 e. The fourth-order valence-electron chi connectivity index (χ4n) is 4.21. The lowest BCUT2D eigenvalue weighted by Gasteiger charge is -2.26. The molecule has 1 aliphatic carbocycles. The molecular formula is C28H32N2O4. The number of nitrogens with zero attached hydrogens (tertiary/aromatic N) is 2. The second kappa shape index (κ2) is 10.6. The zero-order valence-electron chi connectivity index (χ0n) is 20.3. The molecule has 1 saturated carbocycles. The fourth-order valence-corrected chi connectivity index (χ4v) is 4.21. The Morgan fingerprint density at radius 1 is 0.941 bits per heavy atom. The highest BCUT2D eigenvalue weighted by Gasteiger charge is 2.32. The average Bonchev–Trinajstić information content (AvgIpc) is 3.69. The van der Waals surface area contributed by atoms with Crippen LogP contribution in [0.3, 0.4) is 0 Å². The quantitative estimate of drug-likeness (QED) is 0.364. The van der Waals surface area contributed by atoms with Gasteiger partial charge in [-0.3, -0.25) is 0 Å². The van der Waals surface area contributed by atoms with Crippen molar-refractivity contribution in [1.82, 2.24) is 4.98 Å². The van der Waals surface area contributed by atoms with E-state index in [4.69, 9.17) is 19.2 Å². The van der Waals surface area contributed by atoms with Crippen molar-refractivity contribution in [2.45, 2.75) is 45.7 Å². The predicted molar refractivity (Wildman–Crippen MR) is 133 cm³/mol. The van der Waals surface area contributed by atoms with Crippen molar-refractivity contribution >= 4 is 11.8 Å². The Bertz CT molecular complexity index is 1070. The number of anilines is 1. The Kier molecular flexibility index (Phi) is 7.36. The molecule has 34 heavy (non-hydrogen) atoms. The van der Waals surface area contributed by atoms with Gasteiger partial charge in [-0.15, -0.1) is 0 Å². The minimum Gasteiger partial charge on any atom is -0.497 e. The van der Waals surface area contributed by atoms with Crippen LogP contribution in [0.2, 0.25) is 0 Å². The second-order valence-electron chi connectivity index (χ2n) is 8.57. The molecule has 2 aromatic carbocycles. The van der Waals surface area contributed by atoms with Crippen molar-refractivity contribution in [3.8, 4) is 11.5 Å². The van der Waals surface area contributed by atoms with Gasteiger partial charge in [-0.25, -0.2) is 9.78 Å². The molecule has 0 amide bonds. The third-order valence-electron chi connectivity index (χ3n) is 6.11. The van der Waals surface area contributed by atoms with Gasteiger partial charge in [0.25, 0.3) is 0 Å². The summed E-state index contributed by atoms with van der Waals surface area (Å²) in [6, 6.07) is 18.0. The Balaban J connectivity index is 1.72. The third kappa shape index (κ3) is 5.50. The average molecular weight is 461 g/mol. The fraction of sp³-hybridized carbons (Fsp3) is 0.357. The summed E-state index contributed by atoms with van der Waals surface area (Å²) < 4.78 is 16.0. The number of aromatic nitrogens is 1. The van der Waals surface area contributed by atoms with Crippen molar-refractivity contribution in [3.05, 3.63) is 82.5 Å². The Morgan fingerprint density at radius 2 is 1.47 bits per heavy atom. The molecule has 0 atom stereocenters. The van der Waals surface area contributed by atoms with Crippen LogP contribution in [0, 0.1) is 6.92 Å². The van der Waals surface area contributed by atoms with Crippen LogP contribution in [-0.2, 0) is 17.8 Å². The number of carbonyl (C=O) groups excluding carboxylic acids is 1. The van der Waals surface area contributed by atoms with Crippen molar-refractivity contribution in [1.29, 1.82) is 0 Å². The molecule has 0 spiro atoms. The number of benzene rings is 2. The van der Waals surface area contributed by atoms with Gasteiger partial charge >= 0.3 is 5.97 Å². The van der Waals surface area contributed by atoms with E-state index in [1.807, 2.05) is 44.2 Å². The molecule has 6 heteroatoms. The predicted octanol–water partition coefficient (Wildman–Crippen LogP) is 5.67. The van der Waals surface area contributed by atoms with E-state index in [-0.39, 0.29) is 5.97 Å². The van der Waals surface area contributed by atoms with E-state index in [2.05, 4.69) is 29.2 Å². The normalized spacial score (nSPS) is 12.8. The number of hydrogen-bond donors (Lipinski definition) is 0. The zero-order chi connectivity index (χ0) is 24.1. The number of ether oxygens (including phenoxy) is 3. The van der Waals surface area contributed by atoms with Crippen LogP contribution < -0.4 is 14.4 Å². The van der Waals surface area contributed by atoms with Gasteiger partial charge in [0.2, 0.25) is 0 Å². The van der Waals surface area contributed by atoms with E-state index in [0.29, 0.717) is 31.2 Å². The minimum absolute atomic E-state index is 0.273. The number of pyridine rings is 1. The maximum Gasteiger partial charge on any atom is 0.338 e. The molecule has 1 fully saturated rings. The van der Waals surface area contributed by atoms with Crippen molar-refractivity contribution in [2.24, 2.45) is 0 Å².